The number of pyridine rings is 2. The number of carbonyl (C=O) groups is 1. The Bertz CT molecular complexity index is 516. The van der Waals surface area contributed by atoms with Gasteiger partial charge in [-0.15, -0.1) is 0 Å². The molecule has 0 bridgehead atoms. The van der Waals surface area contributed by atoms with Crippen molar-refractivity contribution in [3.8, 4) is 0 Å². The summed E-state index contributed by atoms with van der Waals surface area (Å²) in [6, 6.07) is 6.56. The summed E-state index contributed by atoms with van der Waals surface area (Å²) in [6.45, 7) is 0.302. The lowest BCUT2D eigenvalue weighted by atomic mass is 10.2. The molecular formula is C12H10FN3O. The molecule has 17 heavy (non-hydrogen) atoms. The second-order valence-electron chi connectivity index (χ2n) is 3.40. The molecule has 1 N–H and O–H groups in total. The summed E-state index contributed by atoms with van der Waals surface area (Å²) in [4.78, 5) is 19.3. The van der Waals surface area contributed by atoms with Crippen molar-refractivity contribution in [2.24, 2.45) is 0 Å². The smallest absolute Gasteiger partial charge is 0.253 e. The van der Waals surface area contributed by atoms with Crippen LogP contribution in [-0.2, 0) is 6.54 Å². The first-order valence-electron chi connectivity index (χ1n) is 5.04. The zero-order valence-corrected chi connectivity index (χ0v) is 8.93. The van der Waals surface area contributed by atoms with Gasteiger partial charge >= 0.3 is 0 Å². The highest BCUT2D eigenvalue weighted by atomic mass is 19.1. The predicted molar refractivity (Wildman–Crippen MR) is 59.6 cm³/mol. The number of amides is 1. The van der Waals surface area contributed by atoms with Gasteiger partial charge in [-0.25, -0.2) is 4.39 Å². The average molecular weight is 231 g/mol. The van der Waals surface area contributed by atoms with Crippen molar-refractivity contribution in [3.05, 3.63) is 59.9 Å². The Kier molecular flexibility index (Phi) is 3.40. The van der Waals surface area contributed by atoms with E-state index >= 15 is 0 Å². The fourth-order valence-electron chi connectivity index (χ4n) is 1.31. The van der Waals surface area contributed by atoms with Crippen molar-refractivity contribution in [2.75, 3.05) is 0 Å². The zero-order valence-electron chi connectivity index (χ0n) is 8.93. The maximum atomic E-state index is 12.8. The monoisotopic (exact) mass is 231 g/mol. The molecule has 0 saturated heterocycles. The number of hydrogen-bond donors (Lipinski definition) is 1. The molecule has 5 heteroatoms. The van der Waals surface area contributed by atoms with Gasteiger partial charge in [-0.05, 0) is 18.2 Å². The van der Waals surface area contributed by atoms with Gasteiger partial charge in [0.2, 0.25) is 0 Å². The van der Waals surface area contributed by atoms with Crippen LogP contribution in [0.1, 0.15) is 16.1 Å². The molecule has 2 aromatic rings. The van der Waals surface area contributed by atoms with Crippen LogP contribution in [0.2, 0.25) is 0 Å². The van der Waals surface area contributed by atoms with E-state index in [1.165, 1.54) is 6.20 Å². The van der Waals surface area contributed by atoms with Gasteiger partial charge in [0, 0.05) is 12.4 Å². The summed E-state index contributed by atoms with van der Waals surface area (Å²) in [5.41, 5.74) is 0.936. The van der Waals surface area contributed by atoms with Crippen LogP contribution in [0.5, 0.6) is 0 Å². The average Bonchev–Trinajstić information content (AvgIpc) is 2.37. The molecule has 0 spiro atoms. The molecule has 0 atom stereocenters. The molecule has 2 rings (SSSR count). The molecule has 0 saturated carbocycles. The maximum absolute atomic E-state index is 12.8. The Hall–Kier alpha value is -2.30. The summed E-state index contributed by atoms with van der Waals surface area (Å²) in [5.74, 6) is -0.905. The Morgan fingerprint density at radius 3 is 2.94 bits per heavy atom. The molecule has 0 aliphatic heterocycles. The van der Waals surface area contributed by atoms with E-state index in [0.717, 1.165) is 18.0 Å². The Morgan fingerprint density at radius 1 is 1.35 bits per heavy atom. The minimum absolute atomic E-state index is 0.195. The number of nitrogens with one attached hydrogen (secondary N) is 1. The number of rotatable bonds is 3. The number of aromatic nitrogens is 2. The third-order valence-corrected chi connectivity index (χ3v) is 2.12. The number of hydrogen-bond acceptors (Lipinski definition) is 3. The van der Waals surface area contributed by atoms with Crippen LogP contribution in [0, 0.1) is 5.82 Å². The molecule has 0 aliphatic rings. The topological polar surface area (TPSA) is 54.9 Å². The number of carbonyl (C=O) groups excluding carboxylic acids is 1. The van der Waals surface area contributed by atoms with Gasteiger partial charge in [-0.3, -0.25) is 14.8 Å². The molecule has 0 unspecified atom stereocenters. The van der Waals surface area contributed by atoms with Crippen molar-refractivity contribution < 1.29 is 9.18 Å². The Balaban J connectivity index is 1.98. The first-order valence-corrected chi connectivity index (χ1v) is 5.04. The second-order valence-corrected chi connectivity index (χ2v) is 3.40. The quantitative estimate of drug-likeness (QED) is 0.871. The van der Waals surface area contributed by atoms with E-state index in [-0.39, 0.29) is 11.5 Å². The highest BCUT2D eigenvalue weighted by Gasteiger charge is 2.06. The van der Waals surface area contributed by atoms with E-state index in [1.807, 2.05) is 6.07 Å². The zero-order chi connectivity index (χ0) is 12.1. The second kappa shape index (κ2) is 5.16. The molecule has 1 amide bonds. The number of halogens is 1. The summed E-state index contributed by atoms with van der Waals surface area (Å²) in [5, 5.41) is 2.63. The molecule has 86 valence electrons. The minimum Gasteiger partial charge on any atom is -0.346 e. The molecular weight excluding hydrogens is 221 g/mol. The molecule has 2 aromatic heterocycles. The highest BCUT2D eigenvalue weighted by molar-refractivity contribution is 5.93. The van der Waals surface area contributed by atoms with Crippen LogP contribution in [0.4, 0.5) is 4.39 Å². The fourth-order valence-corrected chi connectivity index (χ4v) is 1.31. The van der Waals surface area contributed by atoms with Gasteiger partial charge in [-0.1, -0.05) is 6.07 Å². The summed E-state index contributed by atoms with van der Waals surface area (Å²) in [7, 11) is 0. The lowest BCUT2D eigenvalue weighted by molar-refractivity contribution is 0.0949. The van der Waals surface area contributed by atoms with Gasteiger partial charge in [0.1, 0.15) is 5.82 Å². The van der Waals surface area contributed by atoms with E-state index in [1.54, 1.807) is 18.3 Å². The van der Waals surface area contributed by atoms with Crippen molar-refractivity contribution >= 4 is 5.91 Å². The molecule has 0 radical (unpaired) electrons. The first-order chi connectivity index (χ1) is 8.25. The van der Waals surface area contributed by atoms with E-state index in [2.05, 4.69) is 15.3 Å². The number of nitrogens with zero attached hydrogens (tertiary/aromatic N) is 2. The molecule has 0 aliphatic carbocycles. The summed E-state index contributed by atoms with van der Waals surface area (Å²) >= 11 is 0. The van der Waals surface area contributed by atoms with Crippen LogP contribution in [0.3, 0.4) is 0 Å². The Labute approximate surface area is 97.5 Å². The largest absolute Gasteiger partial charge is 0.346 e. The van der Waals surface area contributed by atoms with Crippen molar-refractivity contribution in [1.29, 1.82) is 0 Å². The third kappa shape index (κ3) is 3.07. The van der Waals surface area contributed by atoms with Crippen LogP contribution in [-0.4, -0.2) is 15.9 Å². The van der Waals surface area contributed by atoms with Crippen molar-refractivity contribution in [2.45, 2.75) is 6.54 Å². The van der Waals surface area contributed by atoms with Gasteiger partial charge < -0.3 is 5.32 Å². The van der Waals surface area contributed by atoms with E-state index < -0.39 is 5.82 Å². The van der Waals surface area contributed by atoms with Gasteiger partial charge in [0.25, 0.3) is 5.91 Å². The van der Waals surface area contributed by atoms with E-state index in [4.69, 9.17) is 0 Å². The summed E-state index contributed by atoms with van der Waals surface area (Å²) in [6.07, 6.45) is 4.01. The Morgan fingerprint density at radius 2 is 2.24 bits per heavy atom. The third-order valence-electron chi connectivity index (χ3n) is 2.12. The fraction of sp³-hybridized carbons (Fsp3) is 0.0833. The lowest BCUT2D eigenvalue weighted by Crippen LogP contribution is -2.23. The van der Waals surface area contributed by atoms with Gasteiger partial charge in [-0.2, -0.15) is 0 Å². The SMILES string of the molecule is O=C(NCc1ccccn1)c1cncc(F)c1. The maximum Gasteiger partial charge on any atom is 0.253 e. The van der Waals surface area contributed by atoms with Crippen molar-refractivity contribution in [1.82, 2.24) is 15.3 Å². The molecule has 0 aromatic carbocycles. The van der Waals surface area contributed by atoms with Crippen molar-refractivity contribution in [3.63, 3.8) is 0 Å². The predicted octanol–water partition coefficient (Wildman–Crippen LogP) is 1.55. The molecule has 4 nitrogen and oxygen atoms in total. The van der Waals surface area contributed by atoms with Gasteiger partial charge in [0.05, 0.1) is 24.0 Å². The summed E-state index contributed by atoms with van der Waals surface area (Å²) < 4.78 is 12.8. The van der Waals surface area contributed by atoms with Crippen LogP contribution >= 0.6 is 0 Å². The van der Waals surface area contributed by atoms with Gasteiger partial charge in [0.15, 0.2) is 0 Å². The standard InChI is InChI=1S/C12H10FN3O/c13-10-5-9(6-14-7-10)12(17)16-8-11-3-1-2-4-15-11/h1-7H,8H2,(H,16,17). The van der Waals surface area contributed by atoms with E-state index in [9.17, 15) is 9.18 Å². The lowest BCUT2D eigenvalue weighted by Gasteiger charge is -2.04. The van der Waals surface area contributed by atoms with Crippen LogP contribution in [0.25, 0.3) is 0 Å². The van der Waals surface area contributed by atoms with Crippen LogP contribution < -0.4 is 5.32 Å². The normalized spacial score (nSPS) is 9.94. The highest BCUT2D eigenvalue weighted by Crippen LogP contribution is 2.01. The minimum atomic E-state index is -0.532. The van der Waals surface area contributed by atoms with Crippen LogP contribution in [0.15, 0.2) is 42.9 Å². The van der Waals surface area contributed by atoms with E-state index in [0.29, 0.717) is 6.54 Å². The molecule has 0 fully saturated rings. The first kappa shape index (κ1) is 11.2. The molecule has 2 heterocycles.